The maximum atomic E-state index is 13.0. The Morgan fingerprint density at radius 1 is 1.18 bits per heavy atom. The molecule has 1 aromatic rings. The van der Waals surface area contributed by atoms with E-state index in [-0.39, 0.29) is 11.8 Å². The van der Waals surface area contributed by atoms with Crippen molar-refractivity contribution in [3.63, 3.8) is 0 Å². The lowest BCUT2D eigenvalue weighted by Crippen LogP contribution is -2.37. The van der Waals surface area contributed by atoms with Crippen molar-refractivity contribution in [3.8, 4) is 5.75 Å². The van der Waals surface area contributed by atoms with Crippen molar-refractivity contribution in [2.24, 2.45) is 0 Å². The van der Waals surface area contributed by atoms with E-state index in [1.54, 1.807) is 58.9 Å². The molecule has 0 aliphatic carbocycles. The van der Waals surface area contributed by atoms with Gasteiger partial charge in [-0.25, -0.2) is 5.09 Å². The van der Waals surface area contributed by atoms with E-state index >= 15 is 0 Å². The maximum absolute atomic E-state index is 13.0. The molecule has 2 atom stereocenters. The Labute approximate surface area is 136 Å². The molecule has 0 heterocycles. The van der Waals surface area contributed by atoms with Crippen LogP contribution in [-0.2, 0) is 14.1 Å². The number of nitrogens with one attached hydrogen (secondary N) is 1. The van der Waals surface area contributed by atoms with Crippen molar-refractivity contribution >= 4 is 25.1 Å². The fourth-order valence-electron chi connectivity index (χ4n) is 1.60. The minimum atomic E-state index is -3.33. The third-order valence-corrected chi connectivity index (χ3v) is 5.72. The van der Waals surface area contributed by atoms with Crippen LogP contribution in [-0.4, -0.2) is 23.8 Å². The number of carbonyl (C=O) groups is 1. The van der Waals surface area contributed by atoms with Crippen molar-refractivity contribution in [3.05, 3.63) is 29.3 Å². The van der Waals surface area contributed by atoms with Gasteiger partial charge in [0.1, 0.15) is 11.8 Å². The molecule has 5 nitrogen and oxygen atoms in total. The predicted molar refractivity (Wildman–Crippen MR) is 88.6 cm³/mol. The second-order valence-electron chi connectivity index (χ2n) is 5.55. The molecule has 0 aliphatic heterocycles. The van der Waals surface area contributed by atoms with Crippen LogP contribution in [0.5, 0.6) is 5.75 Å². The van der Waals surface area contributed by atoms with Crippen LogP contribution < -0.4 is 9.61 Å². The zero-order valence-electron chi connectivity index (χ0n) is 13.5. The van der Waals surface area contributed by atoms with Gasteiger partial charge in [0, 0.05) is 0 Å². The number of carbonyl (C=O) groups excluding carboxylic acids is 1. The lowest BCUT2D eigenvalue weighted by Gasteiger charge is -2.27. The predicted octanol–water partition coefficient (Wildman–Crippen LogP) is 4.25. The van der Waals surface area contributed by atoms with E-state index in [1.165, 1.54) is 0 Å². The summed E-state index contributed by atoms with van der Waals surface area (Å²) in [6.45, 7) is 8.62. The molecule has 0 saturated carbocycles. The normalized spacial score (nSPS) is 15.5. The van der Waals surface area contributed by atoms with Crippen LogP contribution in [0.15, 0.2) is 24.3 Å². The number of para-hydroxylation sites is 1. The van der Waals surface area contributed by atoms with Gasteiger partial charge >= 0.3 is 13.5 Å². The standard InChI is InChI=1S/C15H23ClNO4P/c1-10(2)20-15(18)12(5)17-22(19,11(3)4)21-14-9-7-6-8-13(14)16/h6-12H,1-5H3,(H,17,19)/t12-,22?/m0/s1. The third kappa shape index (κ3) is 5.31. The summed E-state index contributed by atoms with van der Waals surface area (Å²) in [4.78, 5) is 11.9. The zero-order valence-corrected chi connectivity index (χ0v) is 15.1. The molecule has 1 rings (SSSR count). The Morgan fingerprint density at radius 2 is 1.77 bits per heavy atom. The molecule has 124 valence electrons. The molecule has 1 aromatic carbocycles. The molecule has 0 aliphatic rings. The number of hydrogen-bond acceptors (Lipinski definition) is 4. The van der Waals surface area contributed by atoms with Crippen molar-refractivity contribution in [1.82, 2.24) is 5.09 Å². The molecule has 7 heteroatoms. The molecule has 0 amide bonds. The van der Waals surface area contributed by atoms with Gasteiger partial charge in [0.05, 0.1) is 16.8 Å². The summed E-state index contributed by atoms with van der Waals surface area (Å²) in [5.74, 6) is -0.156. The van der Waals surface area contributed by atoms with Crippen LogP contribution in [0.2, 0.25) is 5.02 Å². The minimum absolute atomic E-state index is 0.236. The smallest absolute Gasteiger partial charge is 0.323 e. The summed E-state index contributed by atoms with van der Waals surface area (Å²) in [5, 5.41) is 3.14. The number of hydrogen-bond donors (Lipinski definition) is 1. The van der Waals surface area contributed by atoms with Crippen LogP contribution in [0.25, 0.3) is 0 Å². The van der Waals surface area contributed by atoms with E-state index in [1.807, 2.05) is 0 Å². The van der Waals surface area contributed by atoms with E-state index in [2.05, 4.69) is 5.09 Å². The minimum Gasteiger partial charge on any atom is -0.462 e. The van der Waals surface area contributed by atoms with Crippen molar-refractivity contribution in [2.75, 3.05) is 0 Å². The molecular weight excluding hydrogens is 325 g/mol. The van der Waals surface area contributed by atoms with Crippen molar-refractivity contribution in [2.45, 2.75) is 52.4 Å². The number of rotatable bonds is 7. The summed E-state index contributed by atoms with van der Waals surface area (Å²) in [6, 6.07) is 6.03. The molecule has 0 saturated heterocycles. The van der Waals surface area contributed by atoms with Gasteiger partial charge in [0.25, 0.3) is 0 Å². The summed E-state index contributed by atoms with van der Waals surface area (Å²) in [5.41, 5.74) is -0.335. The quantitative estimate of drug-likeness (QED) is 0.590. The fourth-order valence-corrected chi connectivity index (χ4v) is 3.49. The molecule has 1 unspecified atom stereocenters. The average molecular weight is 348 g/mol. The molecular formula is C15H23ClNO4P. The van der Waals surface area contributed by atoms with Gasteiger partial charge in [-0.1, -0.05) is 37.6 Å². The Hall–Kier alpha value is -1.03. The van der Waals surface area contributed by atoms with Crippen LogP contribution in [0.3, 0.4) is 0 Å². The van der Waals surface area contributed by atoms with Gasteiger partial charge in [0.2, 0.25) is 0 Å². The first-order valence-corrected chi connectivity index (χ1v) is 9.25. The Bertz CT molecular complexity index is 562. The summed E-state index contributed by atoms with van der Waals surface area (Å²) >= 11 is 6.04. The lowest BCUT2D eigenvalue weighted by molar-refractivity contribution is -0.149. The van der Waals surface area contributed by atoms with E-state index in [0.29, 0.717) is 10.8 Å². The van der Waals surface area contributed by atoms with Gasteiger partial charge in [-0.15, -0.1) is 0 Å². The van der Waals surface area contributed by atoms with E-state index in [4.69, 9.17) is 20.9 Å². The largest absolute Gasteiger partial charge is 0.462 e. The van der Waals surface area contributed by atoms with Crippen molar-refractivity contribution < 1.29 is 18.6 Å². The topological polar surface area (TPSA) is 64.6 Å². The summed E-state index contributed by atoms with van der Waals surface area (Å²) in [6.07, 6.45) is -0.236. The summed E-state index contributed by atoms with van der Waals surface area (Å²) < 4.78 is 23.8. The average Bonchev–Trinajstić information content (AvgIpc) is 2.40. The number of benzene rings is 1. The van der Waals surface area contributed by atoms with E-state index in [9.17, 15) is 9.36 Å². The van der Waals surface area contributed by atoms with Crippen molar-refractivity contribution in [1.29, 1.82) is 0 Å². The Kier molecular flexibility index (Phi) is 6.92. The first-order valence-electron chi connectivity index (χ1n) is 7.18. The van der Waals surface area contributed by atoms with Crippen LogP contribution in [0.4, 0.5) is 0 Å². The molecule has 1 N–H and O–H groups in total. The number of halogens is 1. The van der Waals surface area contributed by atoms with Gasteiger partial charge in [0.15, 0.2) is 0 Å². The number of esters is 1. The third-order valence-electron chi connectivity index (χ3n) is 2.83. The van der Waals surface area contributed by atoms with E-state index < -0.39 is 19.5 Å². The molecule has 22 heavy (non-hydrogen) atoms. The monoisotopic (exact) mass is 347 g/mol. The molecule has 0 fully saturated rings. The van der Waals surface area contributed by atoms with Crippen LogP contribution in [0, 0.1) is 0 Å². The first kappa shape index (κ1) is 19.0. The highest BCUT2D eigenvalue weighted by Crippen LogP contribution is 2.49. The van der Waals surface area contributed by atoms with Gasteiger partial charge in [-0.2, -0.15) is 0 Å². The van der Waals surface area contributed by atoms with Gasteiger partial charge < -0.3 is 9.26 Å². The Morgan fingerprint density at radius 3 is 2.27 bits per heavy atom. The molecule has 0 radical (unpaired) electrons. The van der Waals surface area contributed by atoms with Crippen LogP contribution >= 0.6 is 19.1 Å². The Balaban J connectivity index is 2.90. The lowest BCUT2D eigenvalue weighted by atomic mass is 10.3. The zero-order chi connectivity index (χ0) is 16.9. The molecule has 0 bridgehead atoms. The highest BCUT2D eigenvalue weighted by molar-refractivity contribution is 7.58. The second-order valence-corrected chi connectivity index (χ2v) is 8.62. The van der Waals surface area contributed by atoms with Gasteiger partial charge in [-0.05, 0) is 32.9 Å². The second kappa shape index (κ2) is 8.00. The van der Waals surface area contributed by atoms with Gasteiger partial charge in [-0.3, -0.25) is 9.36 Å². The van der Waals surface area contributed by atoms with E-state index in [0.717, 1.165) is 0 Å². The van der Waals surface area contributed by atoms with Crippen LogP contribution in [0.1, 0.15) is 34.6 Å². The first-order chi connectivity index (χ1) is 10.2. The maximum Gasteiger partial charge on any atom is 0.323 e. The number of ether oxygens (including phenoxy) is 1. The summed E-state index contributed by atoms with van der Waals surface area (Å²) in [7, 11) is -3.33. The highest BCUT2D eigenvalue weighted by atomic mass is 35.5. The highest BCUT2D eigenvalue weighted by Gasteiger charge is 2.34. The SMILES string of the molecule is CC(C)OC(=O)[C@H](C)NP(=O)(Oc1ccccc1Cl)C(C)C. The molecule has 0 aromatic heterocycles. The molecule has 0 spiro atoms. The fraction of sp³-hybridized carbons (Fsp3) is 0.533.